The van der Waals surface area contributed by atoms with E-state index in [1.807, 2.05) is 48.5 Å². The van der Waals surface area contributed by atoms with Crippen LogP contribution in [0.3, 0.4) is 0 Å². The van der Waals surface area contributed by atoms with E-state index in [1.54, 1.807) is 0 Å². The minimum Gasteiger partial charge on any atom is -0.440 e. The van der Waals surface area contributed by atoms with Crippen LogP contribution in [-0.4, -0.2) is 0 Å². The minimum absolute atomic E-state index is 0.168. The maximum absolute atomic E-state index is 9.70. The van der Waals surface area contributed by atoms with Crippen molar-refractivity contribution in [2.75, 3.05) is 0 Å². The molecule has 0 saturated carbocycles. The smallest absolute Gasteiger partial charge is 0.205 e. The van der Waals surface area contributed by atoms with Gasteiger partial charge in [0, 0.05) is 10.0 Å². The van der Waals surface area contributed by atoms with Gasteiger partial charge in [-0.2, -0.15) is 5.26 Å². The van der Waals surface area contributed by atoms with Gasteiger partial charge >= 0.3 is 0 Å². The standard InChI is InChI=1S/C20H13BrN2O/c21-16-8-4-3-7-14(16)18-15(11-22)20(23)24-17-10-9-12-5-1-2-6-13(12)19(17)18/h1-10,18H,23H2/t18-/m0/s1. The van der Waals surface area contributed by atoms with Gasteiger partial charge in [0.25, 0.3) is 0 Å². The van der Waals surface area contributed by atoms with Gasteiger partial charge in [0.2, 0.25) is 5.88 Å². The number of rotatable bonds is 1. The van der Waals surface area contributed by atoms with Gasteiger partial charge in [-0.1, -0.05) is 64.5 Å². The summed E-state index contributed by atoms with van der Waals surface area (Å²) in [5, 5.41) is 11.9. The van der Waals surface area contributed by atoms with E-state index >= 15 is 0 Å². The molecule has 0 unspecified atom stereocenters. The van der Waals surface area contributed by atoms with Crippen LogP contribution < -0.4 is 10.5 Å². The van der Waals surface area contributed by atoms with Gasteiger partial charge in [-0.05, 0) is 28.5 Å². The van der Waals surface area contributed by atoms with Crippen LogP contribution in [0.5, 0.6) is 5.75 Å². The normalized spacial score (nSPS) is 16.4. The fraction of sp³-hybridized carbons (Fsp3) is 0.0500. The first-order chi connectivity index (χ1) is 11.7. The molecule has 1 atom stereocenters. The first-order valence-electron chi connectivity index (χ1n) is 7.54. The van der Waals surface area contributed by atoms with E-state index in [2.05, 4.69) is 34.1 Å². The lowest BCUT2D eigenvalue weighted by molar-refractivity contribution is 0.395. The first kappa shape index (κ1) is 14.8. The van der Waals surface area contributed by atoms with E-state index in [4.69, 9.17) is 10.5 Å². The number of halogens is 1. The van der Waals surface area contributed by atoms with Crippen molar-refractivity contribution in [2.45, 2.75) is 5.92 Å². The monoisotopic (exact) mass is 376 g/mol. The molecule has 0 saturated heterocycles. The molecule has 4 rings (SSSR count). The van der Waals surface area contributed by atoms with Gasteiger partial charge in [0.15, 0.2) is 0 Å². The zero-order chi connectivity index (χ0) is 16.7. The van der Waals surface area contributed by atoms with Crippen LogP contribution in [0.4, 0.5) is 0 Å². The van der Waals surface area contributed by atoms with Crippen LogP contribution in [0.15, 0.2) is 76.6 Å². The van der Waals surface area contributed by atoms with Gasteiger partial charge in [-0.25, -0.2) is 0 Å². The molecular formula is C20H13BrN2O. The molecule has 0 aromatic heterocycles. The Morgan fingerprint density at radius 2 is 1.75 bits per heavy atom. The summed E-state index contributed by atoms with van der Waals surface area (Å²) in [5.74, 6) is 0.604. The number of nitrogens with two attached hydrogens (primary N) is 1. The molecule has 3 nitrogen and oxygen atoms in total. The summed E-state index contributed by atoms with van der Waals surface area (Å²) in [6, 6.07) is 22.2. The summed E-state index contributed by atoms with van der Waals surface area (Å²) in [4.78, 5) is 0. The number of benzene rings is 3. The number of hydrogen-bond donors (Lipinski definition) is 1. The predicted octanol–water partition coefficient (Wildman–Crippen LogP) is 4.82. The van der Waals surface area contributed by atoms with Crippen molar-refractivity contribution in [2.24, 2.45) is 5.73 Å². The van der Waals surface area contributed by atoms with Crippen molar-refractivity contribution in [3.05, 3.63) is 87.7 Å². The van der Waals surface area contributed by atoms with Gasteiger partial charge in [-0.3, -0.25) is 0 Å². The summed E-state index contributed by atoms with van der Waals surface area (Å²) in [7, 11) is 0. The fourth-order valence-corrected chi connectivity index (χ4v) is 3.78. The zero-order valence-corrected chi connectivity index (χ0v) is 14.2. The molecule has 0 fully saturated rings. The Morgan fingerprint density at radius 3 is 2.54 bits per heavy atom. The van der Waals surface area contributed by atoms with Crippen molar-refractivity contribution in [3.63, 3.8) is 0 Å². The van der Waals surface area contributed by atoms with E-state index in [9.17, 15) is 5.26 Å². The number of nitrogens with zero attached hydrogens (tertiary/aromatic N) is 1. The maximum atomic E-state index is 9.70. The van der Waals surface area contributed by atoms with Crippen molar-refractivity contribution < 1.29 is 4.74 Å². The Labute approximate surface area is 148 Å². The van der Waals surface area contributed by atoms with Gasteiger partial charge in [0.05, 0.1) is 5.92 Å². The van der Waals surface area contributed by atoms with Crippen molar-refractivity contribution in [1.29, 1.82) is 5.26 Å². The van der Waals surface area contributed by atoms with Crippen molar-refractivity contribution in [3.8, 4) is 11.8 Å². The molecule has 1 heterocycles. The molecule has 2 N–H and O–H groups in total. The van der Waals surface area contributed by atoms with E-state index in [0.29, 0.717) is 11.3 Å². The molecule has 116 valence electrons. The number of hydrogen-bond acceptors (Lipinski definition) is 3. The SMILES string of the molecule is N#CC1=C(N)Oc2ccc3ccccc3c2[C@H]1c1ccccc1Br. The highest BCUT2D eigenvalue weighted by molar-refractivity contribution is 9.10. The van der Waals surface area contributed by atoms with E-state index in [1.165, 1.54) is 0 Å². The zero-order valence-electron chi connectivity index (χ0n) is 12.7. The van der Waals surface area contributed by atoms with Crippen LogP contribution in [0.25, 0.3) is 10.8 Å². The highest BCUT2D eigenvalue weighted by Gasteiger charge is 2.33. The lowest BCUT2D eigenvalue weighted by Crippen LogP contribution is -2.21. The lowest BCUT2D eigenvalue weighted by atomic mass is 9.81. The average molecular weight is 377 g/mol. The molecule has 0 bridgehead atoms. The third kappa shape index (κ3) is 2.17. The van der Waals surface area contributed by atoms with Gasteiger partial charge < -0.3 is 10.5 Å². The quantitative estimate of drug-likeness (QED) is 0.662. The molecule has 4 heteroatoms. The average Bonchev–Trinajstić information content (AvgIpc) is 2.61. The highest BCUT2D eigenvalue weighted by atomic mass is 79.9. The van der Waals surface area contributed by atoms with Crippen LogP contribution in [-0.2, 0) is 0 Å². The molecule has 1 aliphatic rings. The molecule has 1 aliphatic heterocycles. The Hall–Kier alpha value is -2.77. The summed E-state index contributed by atoms with van der Waals surface area (Å²) >= 11 is 3.61. The van der Waals surface area contributed by atoms with Crippen molar-refractivity contribution in [1.82, 2.24) is 0 Å². The van der Waals surface area contributed by atoms with Gasteiger partial charge in [-0.15, -0.1) is 0 Å². The van der Waals surface area contributed by atoms with E-state index < -0.39 is 0 Å². The molecule has 3 aromatic carbocycles. The molecule has 3 aromatic rings. The maximum Gasteiger partial charge on any atom is 0.205 e. The van der Waals surface area contributed by atoms with Crippen molar-refractivity contribution >= 4 is 26.7 Å². The Morgan fingerprint density at radius 1 is 1.00 bits per heavy atom. The Balaban J connectivity index is 2.10. The largest absolute Gasteiger partial charge is 0.440 e. The number of ether oxygens (including phenoxy) is 1. The predicted molar refractivity (Wildman–Crippen MR) is 97.4 cm³/mol. The molecular weight excluding hydrogens is 364 g/mol. The van der Waals surface area contributed by atoms with Crippen LogP contribution >= 0.6 is 15.9 Å². The van der Waals surface area contributed by atoms with Crippen LogP contribution in [0.1, 0.15) is 17.0 Å². The third-order valence-electron chi connectivity index (χ3n) is 4.33. The van der Waals surface area contributed by atoms with E-state index in [0.717, 1.165) is 26.4 Å². The van der Waals surface area contributed by atoms with Crippen LogP contribution in [0.2, 0.25) is 0 Å². The summed E-state index contributed by atoms with van der Waals surface area (Å²) in [6.07, 6.45) is 0. The molecule has 0 spiro atoms. The van der Waals surface area contributed by atoms with Crippen LogP contribution in [0, 0.1) is 11.3 Å². The summed E-state index contributed by atoms with van der Waals surface area (Å²) in [5.41, 5.74) is 8.46. The Bertz CT molecular complexity index is 1030. The molecule has 24 heavy (non-hydrogen) atoms. The second kappa shape index (κ2) is 5.70. The topological polar surface area (TPSA) is 59.0 Å². The number of nitriles is 1. The second-order valence-electron chi connectivity index (χ2n) is 5.64. The highest BCUT2D eigenvalue weighted by Crippen LogP contribution is 2.46. The Kier molecular flexibility index (Phi) is 3.51. The number of fused-ring (bicyclic) bond motifs is 3. The second-order valence-corrected chi connectivity index (χ2v) is 6.50. The minimum atomic E-state index is -0.263. The third-order valence-corrected chi connectivity index (χ3v) is 5.05. The number of allylic oxidation sites excluding steroid dienone is 1. The fourth-order valence-electron chi connectivity index (χ4n) is 3.26. The van der Waals surface area contributed by atoms with Gasteiger partial charge in [0.1, 0.15) is 17.4 Å². The van der Waals surface area contributed by atoms with E-state index in [-0.39, 0.29) is 11.8 Å². The lowest BCUT2D eigenvalue weighted by Gasteiger charge is -2.28. The summed E-state index contributed by atoms with van der Waals surface area (Å²) < 4.78 is 6.70. The molecule has 0 radical (unpaired) electrons. The summed E-state index contributed by atoms with van der Waals surface area (Å²) in [6.45, 7) is 0. The first-order valence-corrected chi connectivity index (χ1v) is 8.33. The molecule has 0 amide bonds. The molecule has 0 aliphatic carbocycles.